The lowest BCUT2D eigenvalue weighted by atomic mass is 10.1. The van der Waals surface area contributed by atoms with Crippen molar-refractivity contribution in [2.75, 3.05) is 0 Å². The van der Waals surface area contributed by atoms with Crippen LogP contribution in [0.5, 0.6) is 0 Å². The molecule has 0 saturated carbocycles. The standard InChI is InChI=1S/C14H18N2/c1-12(13-7-4-3-5-8-13)15-11-14-9-6-10-16(14)2/h3-10,12,15H,11H2,1-2H3/p+1/t12-/m0/s1. The Morgan fingerprint density at radius 1 is 1.12 bits per heavy atom. The van der Waals surface area contributed by atoms with Gasteiger partial charge >= 0.3 is 0 Å². The topological polar surface area (TPSA) is 21.5 Å². The second-order valence-corrected chi connectivity index (χ2v) is 4.25. The highest BCUT2D eigenvalue weighted by Crippen LogP contribution is 2.07. The van der Waals surface area contributed by atoms with Crippen LogP contribution in [0.3, 0.4) is 0 Å². The zero-order valence-electron chi connectivity index (χ0n) is 9.93. The van der Waals surface area contributed by atoms with Crippen LogP contribution < -0.4 is 5.32 Å². The van der Waals surface area contributed by atoms with Crippen LogP contribution in [0.25, 0.3) is 0 Å². The predicted molar refractivity (Wildman–Crippen MR) is 65.9 cm³/mol. The lowest BCUT2D eigenvalue weighted by Crippen LogP contribution is -2.83. The first kappa shape index (κ1) is 11.0. The molecule has 1 aromatic carbocycles. The summed E-state index contributed by atoms with van der Waals surface area (Å²) in [5, 5.41) is 2.37. The largest absolute Gasteiger partial charge is 0.350 e. The Balaban J connectivity index is 1.94. The van der Waals surface area contributed by atoms with Crippen molar-refractivity contribution in [3.05, 3.63) is 59.9 Å². The third-order valence-corrected chi connectivity index (χ3v) is 3.06. The average Bonchev–Trinajstić information content (AvgIpc) is 2.73. The number of quaternary nitrogens is 1. The maximum atomic E-state index is 2.37. The van der Waals surface area contributed by atoms with Crippen molar-refractivity contribution in [2.24, 2.45) is 7.05 Å². The molecule has 1 aromatic heterocycles. The summed E-state index contributed by atoms with van der Waals surface area (Å²) in [4.78, 5) is 0. The summed E-state index contributed by atoms with van der Waals surface area (Å²) < 4.78 is 2.17. The van der Waals surface area contributed by atoms with E-state index in [1.165, 1.54) is 11.3 Å². The molecule has 0 amide bonds. The van der Waals surface area contributed by atoms with Gasteiger partial charge in [-0.1, -0.05) is 30.3 Å². The fraction of sp³-hybridized carbons (Fsp3) is 0.286. The molecular formula is C14H19N2+. The van der Waals surface area contributed by atoms with Gasteiger partial charge in [-0.2, -0.15) is 0 Å². The van der Waals surface area contributed by atoms with Crippen LogP contribution in [-0.2, 0) is 13.6 Å². The molecule has 2 nitrogen and oxygen atoms in total. The van der Waals surface area contributed by atoms with E-state index in [1.54, 1.807) is 0 Å². The lowest BCUT2D eigenvalue weighted by molar-refractivity contribution is -0.708. The average molecular weight is 215 g/mol. The van der Waals surface area contributed by atoms with Gasteiger partial charge in [0.15, 0.2) is 0 Å². The van der Waals surface area contributed by atoms with Crippen LogP contribution in [0, 0.1) is 0 Å². The van der Waals surface area contributed by atoms with E-state index in [-0.39, 0.29) is 0 Å². The predicted octanol–water partition coefficient (Wildman–Crippen LogP) is 1.85. The van der Waals surface area contributed by atoms with Gasteiger partial charge in [0.05, 0.1) is 5.69 Å². The molecule has 16 heavy (non-hydrogen) atoms. The number of aromatic nitrogens is 1. The Labute approximate surface area is 96.9 Å². The summed E-state index contributed by atoms with van der Waals surface area (Å²) in [6, 6.07) is 15.4. The van der Waals surface area contributed by atoms with Gasteiger partial charge in [-0.05, 0) is 19.1 Å². The zero-order valence-corrected chi connectivity index (χ0v) is 9.93. The van der Waals surface area contributed by atoms with Gasteiger partial charge in [0, 0.05) is 18.8 Å². The van der Waals surface area contributed by atoms with E-state index in [2.05, 4.69) is 72.5 Å². The van der Waals surface area contributed by atoms with Gasteiger partial charge in [0.25, 0.3) is 0 Å². The Bertz CT molecular complexity index is 431. The maximum Gasteiger partial charge on any atom is 0.117 e. The molecule has 2 N–H and O–H groups in total. The molecule has 84 valence electrons. The van der Waals surface area contributed by atoms with Crippen LogP contribution in [-0.4, -0.2) is 4.57 Å². The molecule has 1 atom stereocenters. The fourth-order valence-electron chi connectivity index (χ4n) is 1.90. The normalized spacial score (nSPS) is 12.6. The third kappa shape index (κ3) is 2.52. The van der Waals surface area contributed by atoms with Gasteiger partial charge in [-0.3, -0.25) is 0 Å². The quantitative estimate of drug-likeness (QED) is 0.804. The van der Waals surface area contributed by atoms with Crippen LogP contribution in [0.4, 0.5) is 0 Å². The molecule has 0 aliphatic carbocycles. The molecule has 0 saturated heterocycles. The minimum Gasteiger partial charge on any atom is -0.350 e. The first-order valence-electron chi connectivity index (χ1n) is 5.76. The summed E-state index contributed by atoms with van der Waals surface area (Å²) in [6.07, 6.45) is 2.09. The number of hydrogen-bond acceptors (Lipinski definition) is 0. The van der Waals surface area contributed by atoms with Crippen molar-refractivity contribution < 1.29 is 5.32 Å². The van der Waals surface area contributed by atoms with Gasteiger partial charge in [0.1, 0.15) is 12.6 Å². The van der Waals surface area contributed by atoms with Gasteiger partial charge < -0.3 is 9.88 Å². The molecule has 0 spiro atoms. The molecule has 1 heterocycles. The summed E-state index contributed by atoms with van der Waals surface area (Å²) >= 11 is 0. The Kier molecular flexibility index (Phi) is 3.42. The number of benzene rings is 1. The molecule has 0 fully saturated rings. The number of rotatable bonds is 4. The number of aryl methyl sites for hydroxylation is 1. The summed E-state index contributed by atoms with van der Waals surface area (Å²) in [6.45, 7) is 3.28. The Morgan fingerprint density at radius 2 is 1.88 bits per heavy atom. The van der Waals surface area contributed by atoms with Crippen molar-refractivity contribution in [2.45, 2.75) is 19.5 Å². The lowest BCUT2D eigenvalue weighted by Gasteiger charge is -2.11. The first-order chi connectivity index (χ1) is 7.77. The molecule has 0 bridgehead atoms. The van der Waals surface area contributed by atoms with Crippen molar-refractivity contribution in [1.29, 1.82) is 0 Å². The smallest absolute Gasteiger partial charge is 0.117 e. The molecular weight excluding hydrogens is 196 g/mol. The molecule has 0 radical (unpaired) electrons. The number of nitrogens with two attached hydrogens (primary N) is 1. The van der Waals surface area contributed by atoms with Gasteiger partial charge in [0.2, 0.25) is 0 Å². The van der Waals surface area contributed by atoms with E-state index < -0.39 is 0 Å². The highest BCUT2D eigenvalue weighted by Gasteiger charge is 2.08. The monoisotopic (exact) mass is 215 g/mol. The highest BCUT2D eigenvalue weighted by molar-refractivity contribution is 5.16. The van der Waals surface area contributed by atoms with E-state index in [0.29, 0.717) is 6.04 Å². The maximum absolute atomic E-state index is 2.37. The summed E-state index contributed by atoms with van der Waals surface area (Å²) in [5.41, 5.74) is 2.75. The fourth-order valence-corrected chi connectivity index (χ4v) is 1.90. The molecule has 2 heteroatoms. The van der Waals surface area contributed by atoms with E-state index in [9.17, 15) is 0 Å². The second-order valence-electron chi connectivity index (χ2n) is 4.25. The Morgan fingerprint density at radius 3 is 2.50 bits per heavy atom. The number of nitrogens with zero attached hydrogens (tertiary/aromatic N) is 1. The van der Waals surface area contributed by atoms with Crippen molar-refractivity contribution >= 4 is 0 Å². The van der Waals surface area contributed by atoms with E-state index in [4.69, 9.17) is 0 Å². The van der Waals surface area contributed by atoms with Crippen LogP contribution in [0.1, 0.15) is 24.2 Å². The van der Waals surface area contributed by atoms with E-state index >= 15 is 0 Å². The first-order valence-corrected chi connectivity index (χ1v) is 5.76. The van der Waals surface area contributed by atoms with Crippen molar-refractivity contribution in [3.8, 4) is 0 Å². The van der Waals surface area contributed by atoms with Crippen molar-refractivity contribution in [1.82, 2.24) is 4.57 Å². The van der Waals surface area contributed by atoms with Crippen LogP contribution in [0.2, 0.25) is 0 Å². The molecule has 2 rings (SSSR count). The summed E-state index contributed by atoms with van der Waals surface area (Å²) in [7, 11) is 2.09. The SMILES string of the molecule is C[C@H]([NH2+]Cc1cccn1C)c1ccccc1. The van der Waals surface area contributed by atoms with E-state index in [1.807, 2.05) is 0 Å². The van der Waals surface area contributed by atoms with Crippen LogP contribution in [0.15, 0.2) is 48.7 Å². The van der Waals surface area contributed by atoms with Crippen LogP contribution >= 0.6 is 0 Å². The number of hydrogen-bond donors (Lipinski definition) is 1. The van der Waals surface area contributed by atoms with E-state index in [0.717, 1.165) is 6.54 Å². The van der Waals surface area contributed by atoms with Gasteiger partial charge in [-0.15, -0.1) is 0 Å². The zero-order chi connectivity index (χ0) is 11.4. The molecule has 0 aliphatic rings. The minimum absolute atomic E-state index is 0.510. The molecule has 2 aromatic rings. The summed E-state index contributed by atoms with van der Waals surface area (Å²) in [5.74, 6) is 0. The van der Waals surface area contributed by atoms with Gasteiger partial charge in [-0.25, -0.2) is 0 Å². The third-order valence-electron chi connectivity index (χ3n) is 3.06. The Hall–Kier alpha value is -1.54. The minimum atomic E-state index is 0.510. The van der Waals surface area contributed by atoms with Crippen molar-refractivity contribution in [3.63, 3.8) is 0 Å². The molecule has 0 aliphatic heterocycles. The second kappa shape index (κ2) is 4.99. The molecule has 0 unspecified atom stereocenters. The highest BCUT2D eigenvalue weighted by atomic mass is 15.0.